The van der Waals surface area contributed by atoms with Crippen LogP contribution >= 0.6 is 0 Å². The van der Waals surface area contributed by atoms with Gasteiger partial charge in [0.2, 0.25) is 0 Å². The topological polar surface area (TPSA) is 77.3 Å². The van der Waals surface area contributed by atoms with Gasteiger partial charge in [-0.05, 0) is 24.6 Å². The van der Waals surface area contributed by atoms with Gasteiger partial charge in [-0.3, -0.25) is 0 Å². The molecule has 2 heterocycles. The SMILES string of the molecule is CCCS(=O)(=O)Cc1ccc(F)c(-n2cc(-c3cccc(N4CCOCC4)c3)nn2)c1F. The molecule has 0 amide bonds. The summed E-state index contributed by atoms with van der Waals surface area (Å²) in [5, 5.41) is 7.99. The van der Waals surface area contributed by atoms with Crippen LogP contribution in [0, 0.1) is 11.6 Å². The zero-order chi connectivity index (χ0) is 22.7. The molecule has 170 valence electrons. The van der Waals surface area contributed by atoms with Gasteiger partial charge in [-0.25, -0.2) is 21.9 Å². The molecule has 1 aliphatic heterocycles. The molecule has 0 saturated carbocycles. The number of ether oxygens (including phenoxy) is 1. The minimum Gasteiger partial charge on any atom is -0.378 e. The Hall–Kier alpha value is -2.85. The second-order valence-corrected chi connectivity index (χ2v) is 9.84. The zero-order valence-corrected chi connectivity index (χ0v) is 18.5. The van der Waals surface area contributed by atoms with Crippen molar-refractivity contribution in [3.63, 3.8) is 0 Å². The Labute approximate surface area is 185 Å². The van der Waals surface area contributed by atoms with Crippen LogP contribution in [0.15, 0.2) is 42.6 Å². The van der Waals surface area contributed by atoms with Gasteiger partial charge < -0.3 is 9.64 Å². The second-order valence-electron chi connectivity index (χ2n) is 7.66. The first-order chi connectivity index (χ1) is 15.4. The van der Waals surface area contributed by atoms with Gasteiger partial charge in [-0.15, -0.1) is 5.10 Å². The van der Waals surface area contributed by atoms with E-state index >= 15 is 4.39 Å². The van der Waals surface area contributed by atoms with Gasteiger partial charge in [0.1, 0.15) is 11.4 Å². The Bertz CT molecular complexity index is 1210. The van der Waals surface area contributed by atoms with Crippen molar-refractivity contribution in [2.45, 2.75) is 19.1 Å². The molecule has 1 aliphatic rings. The number of halogens is 2. The van der Waals surface area contributed by atoms with Gasteiger partial charge in [0.15, 0.2) is 21.5 Å². The molecule has 0 bridgehead atoms. The third-order valence-electron chi connectivity index (χ3n) is 5.28. The first-order valence-electron chi connectivity index (χ1n) is 10.4. The third-order valence-corrected chi connectivity index (χ3v) is 7.06. The Kier molecular flexibility index (Phi) is 6.52. The highest BCUT2D eigenvalue weighted by molar-refractivity contribution is 7.90. The average Bonchev–Trinajstić information content (AvgIpc) is 3.26. The van der Waals surface area contributed by atoms with Crippen LogP contribution in [-0.4, -0.2) is 55.5 Å². The molecule has 2 aromatic carbocycles. The summed E-state index contributed by atoms with van der Waals surface area (Å²) in [6.07, 6.45) is 1.86. The molecular weight excluding hydrogens is 438 g/mol. The first-order valence-corrected chi connectivity index (χ1v) is 12.2. The average molecular weight is 463 g/mol. The number of sulfone groups is 1. The molecule has 1 aromatic heterocycles. The molecule has 0 N–H and O–H groups in total. The molecule has 1 fully saturated rings. The lowest BCUT2D eigenvalue weighted by atomic mass is 10.1. The fourth-order valence-corrected chi connectivity index (χ4v) is 5.18. The van der Waals surface area contributed by atoms with Crippen molar-refractivity contribution in [3.05, 3.63) is 59.8 Å². The Morgan fingerprint density at radius 2 is 1.91 bits per heavy atom. The fraction of sp³-hybridized carbons (Fsp3) is 0.364. The number of hydrogen-bond acceptors (Lipinski definition) is 6. The number of hydrogen-bond donors (Lipinski definition) is 0. The number of rotatable bonds is 7. The normalized spacial score (nSPS) is 14.7. The number of benzene rings is 2. The summed E-state index contributed by atoms with van der Waals surface area (Å²) in [4.78, 5) is 2.19. The van der Waals surface area contributed by atoms with E-state index in [1.54, 1.807) is 6.92 Å². The number of anilines is 1. The lowest BCUT2D eigenvalue weighted by Gasteiger charge is -2.29. The first kappa shape index (κ1) is 22.3. The molecule has 3 aromatic rings. The molecule has 0 spiro atoms. The van der Waals surface area contributed by atoms with Gasteiger partial charge in [-0.2, -0.15) is 0 Å². The van der Waals surface area contributed by atoms with Crippen LogP contribution < -0.4 is 4.90 Å². The quantitative estimate of drug-likeness (QED) is 0.536. The van der Waals surface area contributed by atoms with Crippen molar-refractivity contribution in [3.8, 4) is 16.9 Å². The molecule has 7 nitrogen and oxygen atoms in total. The minimum atomic E-state index is -3.49. The molecule has 32 heavy (non-hydrogen) atoms. The van der Waals surface area contributed by atoms with Crippen molar-refractivity contribution >= 4 is 15.5 Å². The van der Waals surface area contributed by atoms with E-state index in [9.17, 15) is 12.8 Å². The highest BCUT2D eigenvalue weighted by Gasteiger charge is 2.21. The molecule has 0 aliphatic carbocycles. The van der Waals surface area contributed by atoms with E-state index in [2.05, 4.69) is 15.2 Å². The molecule has 0 unspecified atom stereocenters. The summed E-state index contributed by atoms with van der Waals surface area (Å²) in [5.74, 6) is -2.37. The fourth-order valence-electron chi connectivity index (χ4n) is 3.71. The highest BCUT2D eigenvalue weighted by Crippen LogP contribution is 2.27. The van der Waals surface area contributed by atoms with Crippen LogP contribution in [-0.2, 0) is 20.3 Å². The van der Waals surface area contributed by atoms with Crippen LogP contribution in [0.1, 0.15) is 18.9 Å². The lowest BCUT2D eigenvalue weighted by molar-refractivity contribution is 0.122. The van der Waals surface area contributed by atoms with Crippen molar-refractivity contribution in [1.82, 2.24) is 15.0 Å². The van der Waals surface area contributed by atoms with E-state index in [1.807, 2.05) is 24.3 Å². The van der Waals surface area contributed by atoms with E-state index in [4.69, 9.17) is 4.74 Å². The predicted molar refractivity (Wildman–Crippen MR) is 118 cm³/mol. The number of aromatic nitrogens is 3. The van der Waals surface area contributed by atoms with E-state index in [-0.39, 0.29) is 11.3 Å². The standard InChI is InChI=1S/C22H24F2N4O3S/c1-2-12-32(29,30)15-17-6-7-19(23)22(21(17)24)28-14-20(25-26-28)16-4-3-5-18(13-16)27-8-10-31-11-9-27/h3-7,13-14H,2,8-12,15H2,1H3. The molecular formula is C22H24F2N4O3S. The third kappa shape index (κ3) is 4.81. The van der Waals surface area contributed by atoms with E-state index in [1.165, 1.54) is 6.20 Å². The van der Waals surface area contributed by atoms with Crippen LogP contribution in [0.2, 0.25) is 0 Å². The summed E-state index contributed by atoms with van der Waals surface area (Å²) in [5.41, 5.74) is 1.66. The largest absolute Gasteiger partial charge is 0.378 e. The van der Waals surface area contributed by atoms with E-state index in [0.717, 1.165) is 41.2 Å². The number of morpholine rings is 1. The van der Waals surface area contributed by atoms with Gasteiger partial charge in [-0.1, -0.05) is 30.3 Å². The summed E-state index contributed by atoms with van der Waals surface area (Å²) in [6.45, 7) is 4.60. The van der Waals surface area contributed by atoms with E-state index in [0.29, 0.717) is 25.3 Å². The number of nitrogens with zero attached hydrogens (tertiary/aromatic N) is 4. The van der Waals surface area contributed by atoms with Crippen LogP contribution in [0.5, 0.6) is 0 Å². The smallest absolute Gasteiger partial charge is 0.156 e. The van der Waals surface area contributed by atoms with Gasteiger partial charge in [0, 0.05) is 29.9 Å². The minimum absolute atomic E-state index is 0.0634. The van der Waals surface area contributed by atoms with Gasteiger partial charge in [0.25, 0.3) is 0 Å². The van der Waals surface area contributed by atoms with Crippen LogP contribution in [0.25, 0.3) is 16.9 Å². The van der Waals surface area contributed by atoms with Crippen molar-refractivity contribution in [2.24, 2.45) is 0 Å². The van der Waals surface area contributed by atoms with E-state index < -0.39 is 32.9 Å². The second kappa shape index (κ2) is 9.33. The predicted octanol–water partition coefficient (Wildman–Crippen LogP) is 3.37. The molecule has 0 atom stereocenters. The molecule has 4 rings (SSSR count). The maximum absolute atomic E-state index is 15.1. The lowest BCUT2D eigenvalue weighted by Crippen LogP contribution is -2.36. The Balaban J connectivity index is 1.65. The molecule has 10 heteroatoms. The van der Waals surface area contributed by atoms with Gasteiger partial charge >= 0.3 is 0 Å². The van der Waals surface area contributed by atoms with Crippen molar-refractivity contribution in [2.75, 3.05) is 37.0 Å². The van der Waals surface area contributed by atoms with Crippen molar-refractivity contribution in [1.29, 1.82) is 0 Å². The summed E-state index contributed by atoms with van der Waals surface area (Å²) in [7, 11) is -3.49. The summed E-state index contributed by atoms with van der Waals surface area (Å²) < 4.78 is 60.3. The Morgan fingerprint density at radius 3 is 2.66 bits per heavy atom. The van der Waals surface area contributed by atoms with Crippen LogP contribution in [0.4, 0.5) is 14.5 Å². The maximum atomic E-state index is 15.1. The molecule has 0 radical (unpaired) electrons. The monoisotopic (exact) mass is 462 g/mol. The summed E-state index contributed by atoms with van der Waals surface area (Å²) >= 11 is 0. The van der Waals surface area contributed by atoms with Crippen molar-refractivity contribution < 1.29 is 21.9 Å². The maximum Gasteiger partial charge on any atom is 0.156 e. The van der Waals surface area contributed by atoms with Crippen LogP contribution in [0.3, 0.4) is 0 Å². The highest BCUT2D eigenvalue weighted by atomic mass is 32.2. The molecule has 1 saturated heterocycles. The zero-order valence-electron chi connectivity index (χ0n) is 17.7. The summed E-state index contributed by atoms with van der Waals surface area (Å²) in [6, 6.07) is 9.87. The van der Waals surface area contributed by atoms with Gasteiger partial charge in [0.05, 0.1) is 30.9 Å². The Morgan fingerprint density at radius 1 is 1.12 bits per heavy atom.